The molecule has 80 valence electrons. The normalized spacial score (nSPS) is 18.8. The van der Waals surface area contributed by atoms with Crippen LogP contribution in [-0.2, 0) is 16.6 Å². The fourth-order valence-electron chi connectivity index (χ4n) is 2.22. The van der Waals surface area contributed by atoms with Crippen LogP contribution in [0.2, 0.25) is 0 Å². The van der Waals surface area contributed by atoms with Gasteiger partial charge in [0.1, 0.15) is 5.78 Å². The average molecular weight is 332 g/mol. The first kappa shape index (κ1) is 11.3. The number of rotatable bonds is 0. The topological polar surface area (TPSA) is 17.1 Å². The van der Waals surface area contributed by atoms with Gasteiger partial charge in [-0.3, -0.25) is 4.79 Å². The lowest BCUT2D eigenvalue weighted by atomic mass is 9.72. The highest BCUT2D eigenvalue weighted by atomic mass is 79.9. The van der Waals surface area contributed by atoms with Crippen LogP contribution in [-0.4, -0.2) is 5.78 Å². The van der Waals surface area contributed by atoms with Crippen molar-refractivity contribution in [1.82, 2.24) is 0 Å². The molecule has 0 radical (unpaired) electrons. The molecule has 0 aliphatic heterocycles. The van der Waals surface area contributed by atoms with Crippen LogP contribution in [0.5, 0.6) is 0 Å². The number of halogens is 2. The Labute approximate surface area is 107 Å². The van der Waals surface area contributed by atoms with Crippen LogP contribution < -0.4 is 0 Å². The van der Waals surface area contributed by atoms with Gasteiger partial charge in [-0.1, -0.05) is 31.9 Å². The van der Waals surface area contributed by atoms with E-state index in [2.05, 4.69) is 37.9 Å². The predicted octanol–water partition coefficient (Wildman–Crippen LogP) is 4.00. The number of hydrogen-bond acceptors (Lipinski definition) is 1. The highest BCUT2D eigenvalue weighted by Gasteiger charge is 2.36. The smallest absolute Gasteiger partial charge is 0.143 e. The summed E-state index contributed by atoms with van der Waals surface area (Å²) in [5, 5.41) is 0. The van der Waals surface area contributed by atoms with E-state index in [1.54, 1.807) is 0 Å². The number of fused-ring (bicyclic) bond motifs is 1. The molecule has 15 heavy (non-hydrogen) atoms. The van der Waals surface area contributed by atoms with Crippen molar-refractivity contribution in [2.75, 3.05) is 0 Å². The summed E-state index contributed by atoms with van der Waals surface area (Å²) in [6.45, 7) is 4.01. The Bertz CT molecular complexity index is 435. The minimum Gasteiger partial charge on any atom is -0.299 e. The van der Waals surface area contributed by atoms with Gasteiger partial charge in [-0.05, 0) is 43.5 Å². The highest BCUT2D eigenvalue weighted by Crippen LogP contribution is 2.40. The molecule has 0 saturated heterocycles. The Hall–Kier alpha value is -0.150. The Morgan fingerprint density at radius 2 is 1.87 bits per heavy atom. The summed E-state index contributed by atoms with van der Waals surface area (Å²) < 4.78 is 2.10. The number of Topliss-reactive ketones (excluding diaryl/α,β-unsaturated/α-hetero) is 1. The summed E-state index contributed by atoms with van der Waals surface area (Å²) in [7, 11) is 0. The molecule has 0 saturated carbocycles. The largest absolute Gasteiger partial charge is 0.299 e. The number of aryl methyl sites for hydroxylation is 1. The van der Waals surface area contributed by atoms with Gasteiger partial charge >= 0.3 is 0 Å². The van der Waals surface area contributed by atoms with E-state index in [0.29, 0.717) is 12.2 Å². The van der Waals surface area contributed by atoms with E-state index in [9.17, 15) is 4.79 Å². The number of ketones is 1. The quantitative estimate of drug-likeness (QED) is 0.702. The van der Waals surface area contributed by atoms with Crippen molar-refractivity contribution < 1.29 is 4.79 Å². The molecule has 0 spiro atoms. The summed E-state index contributed by atoms with van der Waals surface area (Å²) in [6, 6.07) is 4.13. The zero-order valence-corrected chi connectivity index (χ0v) is 11.9. The van der Waals surface area contributed by atoms with E-state index < -0.39 is 0 Å². The Balaban J connectivity index is 2.69. The molecule has 0 aromatic heterocycles. The molecule has 1 aromatic rings. The lowest BCUT2D eigenvalue weighted by Crippen LogP contribution is -2.34. The van der Waals surface area contributed by atoms with Gasteiger partial charge in [-0.15, -0.1) is 0 Å². The maximum absolute atomic E-state index is 11.9. The van der Waals surface area contributed by atoms with Crippen molar-refractivity contribution in [2.24, 2.45) is 0 Å². The van der Waals surface area contributed by atoms with Gasteiger partial charge in [0.15, 0.2) is 0 Å². The Morgan fingerprint density at radius 3 is 2.53 bits per heavy atom. The van der Waals surface area contributed by atoms with E-state index in [0.717, 1.165) is 20.9 Å². The summed E-state index contributed by atoms with van der Waals surface area (Å²) >= 11 is 7.03. The van der Waals surface area contributed by atoms with E-state index >= 15 is 0 Å². The number of carbonyl (C=O) groups is 1. The molecule has 0 unspecified atom stereocenters. The van der Waals surface area contributed by atoms with Crippen LogP contribution in [0.15, 0.2) is 21.1 Å². The van der Waals surface area contributed by atoms with Crippen LogP contribution in [0.3, 0.4) is 0 Å². The summed E-state index contributed by atoms with van der Waals surface area (Å²) in [6.07, 6.45) is 1.51. The fourth-order valence-corrected chi connectivity index (χ4v) is 4.03. The third-order valence-corrected chi connectivity index (χ3v) is 4.16. The zero-order valence-electron chi connectivity index (χ0n) is 8.73. The molecule has 3 heteroatoms. The van der Waals surface area contributed by atoms with E-state index in [1.807, 2.05) is 19.9 Å². The van der Waals surface area contributed by atoms with Crippen LogP contribution in [0.25, 0.3) is 0 Å². The predicted molar refractivity (Wildman–Crippen MR) is 68.2 cm³/mol. The number of hydrogen-bond donors (Lipinski definition) is 0. The second-order valence-corrected chi connectivity index (χ2v) is 6.24. The Kier molecular flexibility index (Phi) is 2.80. The summed E-state index contributed by atoms with van der Waals surface area (Å²) in [5.41, 5.74) is 2.08. The maximum atomic E-state index is 11.9. The zero-order chi connectivity index (χ0) is 11.2. The van der Waals surface area contributed by atoms with Gasteiger partial charge in [0.2, 0.25) is 0 Å². The van der Waals surface area contributed by atoms with Crippen molar-refractivity contribution in [3.63, 3.8) is 0 Å². The first-order valence-corrected chi connectivity index (χ1v) is 6.53. The molecule has 2 rings (SSSR count). The van der Waals surface area contributed by atoms with Gasteiger partial charge in [-0.25, -0.2) is 0 Å². The maximum Gasteiger partial charge on any atom is 0.143 e. The number of carbonyl (C=O) groups excluding carboxylic acids is 1. The van der Waals surface area contributed by atoms with Gasteiger partial charge in [0.05, 0.1) is 0 Å². The van der Waals surface area contributed by atoms with Crippen molar-refractivity contribution >= 4 is 37.6 Å². The summed E-state index contributed by atoms with van der Waals surface area (Å²) in [4.78, 5) is 11.9. The van der Waals surface area contributed by atoms with Crippen LogP contribution in [0.4, 0.5) is 0 Å². The van der Waals surface area contributed by atoms with Crippen molar-refractivity contribution in [2.45, 2.75) is 32.1 Å². The molecule has 0 atom stereocenters. The lowest BCUT2D eigenvalue weighted by molar-refractivity contribution is -0.124. The van der Waals surface area contributed by atoms with Gasteiger partial charge in [-0.2, -0.15) is 0 Å². The monoisotopic (exact) mass is 330 g/mol. The van der Waals surface area contributed by atoms with Crippen LogP contribution >= 0.6 is 31.9 Å². The van der Waals surface area contributed by atoms with Crippen LogP contribution in [0.1, 0.15) is 31.4 Å². The molecular weight excluding hydrogens is 320 g/mol. The standard InChI is InChI=1S/C12H12Br2O/c1-12(2)10(15)4-3-7-5-8(13)6-9(14)11(7)12/h5-6H,3-4H2,1-2H3. The van der Waals surface area contributed by atoms with E-state index in [4.69, 9.17) is 0 Å². The first-order valence-electron chi connectivity index (χ1n) is 4.94. The molecule has 1 aromatic carbocycles. The van der Waals surface area contributed by atoms with E-state index in [-0.39, 0.29) is 5.41 Å². The second kappa shape index (κ2) is 3.70. The average Bonchev–Trinajstić information content (AvgIpc) is 2.10. The highest BCUT2D eigenvalue weighted by molar-refractivity contribution is 9.11. The molecular formula is C12H12Br2O. The van der Waals surface area contributed by atoms with Crippen LogP contribution in [0, 0.1) is 0 Å². The van der Waals surface area contributed by atoms with Gasteiger partial charge in [0, 0.05) is 20.8 Å². The third-order valence-electron chi connectivity index (χ3n) is 3.08. The van der Waals surface area contributed by atoms with Gasteiger partial charge < -0.3 is 0 Å². The first-order chi connectivity index (χ1) is 6.93. The third kappa shape index (κ3) is 1.80. The summed E-state index contributed by atoms with van der Waals surface area (Å²) in [5.74, 6) is 0.332. The fraction of sp³-hybridized carbons (Fsp3) is 0.417. The molecule has 0 fully saturated rings. The van der Waals surface area contributed by atoms with Crippen molar-refractivity contribution in [3.05, 3.63) is 32.2 Å². The lowest BCUT2D eigenvalue weighted by Gasteiger charge is -2.32. The molecule has 1 nitrogen and oxygen atoms in total. The second-order valence-electron chi connectivity index (χ2n) is 4.47. The molecule has 1 aliphatic rings. The minimum atomic E-state index is -0.354. The van der Waals surface area contributed by atoms with Crippen molar-refractivity contribution in [1.29, 1.82) is 0 Å². The molecule has 1 aliphatic carbocycles. The molecule has 0 heterocycles. The Morgan fingerprint density at radius 1 is 1.20 bits per heavy atom. The SMILES string of the molecule is CC1(C)C(=O)CCc2cc(Br)cc(Br)c21. The van der Waals surface area contributed by atoms with E-state index in [1.165, 1.54) is 5.56 Å². The van der Waals surface area contributed by atoms with Crippen molar-refractivity contribution in [3.8, 4) is 0 Å². The molecule has 0 N–H and O–H groups in total. The molecule has 0 bridgehead atoms. The van der Waals surface area contributed by atoms with Gasteiger partial charge in [0.25, 0.3) is 0 Å². The minimum absolute atomic E-state index is 0.332. The molecule has 0 amide bonds. The number of benzene rings is 1.